The molecule has 20 heavy (non-hydrogen) atoms. The average molecular weight is 280 g/mol. The standard InChI is InChI=1S/C14H20N2O4/c1-9(15)3-4-16-14(17)10-7-11(18-2)13-12(8-10)19-5-6-20-13/h7-9H,3-6,15H2,1-2H3,(H,16,17). The molecule has 1 aliphatic rings. The molecule has 0 fully saturated rings. The lowest BCUT2D eigenvalue weighted by molar-refractivity contribution is 0.0951. The van der Waals surface area contributed by atoms with Gasteiger partial charge in [-0.15, -0.1) is 0 Å². The van der Waals surface area contributed by atoms with Crippen LogP contribution in [0, 0.1) is 0 Å². The maximum atomic E-state index is 12.1. The Morgan fingerprint density at radius 1 is 1.45 bits per heavy atom. The van der Waals surface area contributed by atoms with Gasteiger partial charge in [0, 0.05) is 18.2 Å². The quantitative estimate of drug-likeness (QED) is 0.838. The van der Waals surface area contributed by atoms with E-state index < -0.39 is 0 Å². The van der Waals surface area contributed by atoms with Crippen molar-refractivity contribution in [3.8, 4) is 17.2 Å². The lowest BCUT2D eigenvalue weighted by Gasteiger charge is -2.21. The first-order valence-corrected chi connectivity index (χ1v) is 6.63. The molecule has 0 radical (unpaired) electrons. The second kappa shape index (κ2) is 6.47. The van der Waals surface area contributed by atoms with Gasteiger partial charge in [0.15, 0.2) is 11.5 Å². The van der Waals surface area contributed by atoms with Crippen molar-refractivity contribution in [3.05, 3.63) is 17.7 Å². The number of ether oxygens (including phenoxy) is 3. The molecule has 0 saturated carbocycles. The monoisotopic (exact) mass is 280 g/mol. The first-order valence-electron chi connectivity index (χ1n) is 6.63. The number of methoxy groups -OCH3 is 1. The molecular formula is C14H20N2O4. The predicted octanol–water partition coefficient (Wildman–Crippen LogP) is 0.934. The Morgan fingerprint density at radius 3 is 2.90 bits per heavy atom. The van der Waals surface area contributed by atoms with E-state index >= 15 is 0 Å². The van der Waals surface area contributed by atoms with Crippen molar-refractivity contribution < 1.29 is 19.0 Å². The molecule has 1 aromatic carbocycles. The maximum absolute atomic E-state index is 12.1. The number of carbonyl (C=O) groups excluding carboxylic acids is 1. The number of carbonyl (C=O) groups is 1. The van der Waals surface area contributed by atoms with E-state index in [4.69, 9.17) is 19.9 Å². The smallest absolute Gasteiger partial charge is 0.251 e. The summed E-state index contributed by atoms with van der Waals surface area (Å²) in [4.78, 5) is 12.1. The zero-order chi connectivity index (χ0) is 14.5. The van der Waals surface area contributed by atoms with E-state index in [0.29, 0.717) is 42.6 Å². The van der Waals surface area contributed by atoms with Crippen molar-refractivity contribution in [1.29, 1.82) is 0 Å². The number of hydrogen-bond acceptors (Lipinski definition) is 5. The predicted molar refractivity (Wildman–Crippen MR) is 74.6 cm³/mol. The van der Waals surface area contributed by atoms with Crippen LogP contribution in [0.15, 0.2) is 12.1 Å². The molecule has 110 valence electrons. The Bertz CT molecular complexity index is 471. The highest BCUT2D eigenvalue weighted by molar-refractivity contribution is 5.95. The third-order valence-electron chi connectivity index (χ3n) is 2.98. The zero-order valence-electron chi connectivity index (χ0n) is 11.8. The Kier molecular flexibility index (Phi) is 4.68. The van der Waals surface area contributed by atoms with Crippen molar-refractivity contribution >= 4 is 5.91 Å². The van der Waals surface area contributed by atoms with Gasteiger partial charge in [0.1, 0.15) is 13.2 Å². The van der Waals surface area contributed by atoms with Crippen molar-refractivity contribution in [3.63, 3.8) is 0 Å². The Labute approximate surface area is 118 Å². The topological polar surface area (TPSA) is 82.8 Å². The minimum atomic E-state index is -0.180. The minimum absolute atomic E-state index is 0.0603. The molecule has 0 spiro atoms. The lowest BCUT2D eigenvalue weighted by Crippen LogP contribution is -2.29. The molecule has 1 aromatic rings. The van der Waals surface area contributed by atoms with Gasteiger partial charge >= 0.3 is 0 Å². The summed E-state index contributed by atoms with van der Waals surface area (Å²) in [6.07, 6.45) is 0.730. The molecule has 0 aromatic heterocycles. The molecule has 1 aliphatic heterocycles. The fourth-order valence-electron chi connectivity index (χ4n) is 1.92. The van der Waals surface area contributed by atoms with Gasteiger partial charge in [-0.05, 0) is 25.5 Å². The number of fused-ring (bicyclic) bond motifs is 1. The Balaban J connectivity index is 2.13. The number of nitrogens with two attached hydrogens (primary N) is 1. The molecule has 1 atom stereocenters. The molecule has 2 rings (SSSR count). The van der Waals surface area contributed by atoms with E-state index in [2.05, 4.69) is 5.32 Å². The fourth-order valence-corrected chi connectivity index (χ4v) is 1.92. The highest BCUT2D eigenvalue weighted by atomic mass is 16.6. The summed E-state index contributed by atoms with van der Waals surface area (Å²) in [5, 5.41) is 2.82. The van der Waals surface area contributed by atoms with Crippen LogP contribution in [0.2, 0.25) is 0 Å². The molecule has 3 N–H and O–H groups in total. The van der Waals surface area contributed by atoms with Crippen LogP contribution in [-0.4, -0.2) is 38.8 Å². The van der Waals surface area contributed by atoms with E-state index in [1.165, 1.54) is 7.11 Å². The summed E-state index contributed by atoms with van der Waals surface area (Å²) in [7, 11) is 1.53. The minimum Gasteiger partial charge on any atom is -0.493 e. The van der Waals surface area contributed by atoms with Crippen LogP contribution in [0.3, 0.4) is 0 Å². The van der Waals surface area contributed by atoms with Crippen LogP contribution >= 0.6 is 0 Å². The van der Waals surface area contributed by atoms with E-state index in [-0.39, 0.29) is 11.9 Å². The first kappa shape index (κ1) is 14.5. The van der Waals surface area contributed by atoms with Crippen LogP contribution in [0.5, 0.6) is 17.2 Å². The van der Waals surface area contributed by atoms with Crippen molar-refractivity contribution in [2.24, 2.45) is 5.73 Å². The number of benzene rings is 1. The summed E-state index contributed by atoms with van der Waals surface area (Å²) in [5.41, 5.74) is 6.13. The number of amides is 1. The molecule has 6 nitrogen and oxygen atoms in total. The van der Waals surface area contributed by atoms with Gasteiger partial charge in [-0.1, -0.05) is 0 Å². The van der Waals surface area contributed by atoms with Crippen molar-refractivity contribution in [2.45, 2.75) is 19.4 Å². The van der Waals surface area contributed by atoms with Crippen molar-refractivity contribution in [1.82, 2.24) is 5.32 Å². The molecule has 1 amide bonds. The first-order chi connectivity index (χ1) is 9.61. The van der Waals surface area contributed by atoms with Crippen LogP contribution in [-0.2, 0) is 0 Å². The van der Waals surface area contributed by atoms with Crippen molar-refractivity contribution in [2.75, 3.05) is 26.9 Å². The molecule has 6 heteroatoms. The van der Waals surface area contributed by atoms with Crippen LogP contribution < -0.4 is 25.3 Å². The van der Waals surface area contributed by atoms with E-state index in [1.807, 2.05) is 6.92 Å². The number of rotatable bonds is 5. The Morgan fingerprint density at radius 2 is 2.20 bits per heavy atom. The zero-order valence-corrected chi connectivity index (χ0v) is 11.8. The van der Waals surface area contributed by atoms with Crippen LogP contribution in [0.4, 0.5) is 0 Å². The average Bonchev–Trinajstić information content (AvgIpc) is 2.45. The molecule has 0 saturated heterocycles. The second-order valence-electron chi connectivity index (χ2n) is 4.72. The molecule has 1 unspecified atom stereocenters. The van der Waals surface area contributed by atoms with Gasteiger partial charge in [0.25, 0.3) is 5.91 Å². The Hall–Kier alpha value is -1.95. The maximum Gasteiger partial charge on any atom is 0.251 e. The summed E-state index contributed by atoms with van der Waals surface area (Å²) in [5.74, 6) is 1.40. The van der Waals surface area contributed by atoms with E-state index in [0.717, 1.165) is 6.42 Å². The third-order valence-corrected chi connectivity index (χ3v) is 2.98. The van der Waals surface area contributed by atoms with Gasteiger partial charge in [-0.25, -0.2) is 0 Å². The second-order valence-corrected chi connectivity index (χ2v) is 4.72. The number of hydrogen-bond donors (Lipinski definition) is 2. The normalized spacial score (nSPS) is 14.6. The van der Waals surface area contributed by atoms with Gasteiger partial charge < -0.3 is 25.3 Å². The van der Waals surface area contributed by atoms with Gasteiger partial charge in [-0.2, -0.15) is 0 Å². The summed E-state index contributed by atoms with van der Waals surface area (Å²) >= 11 is 0. The molecular weight excluding hydrogens is 260 g/mol. The summed E-state index contributed by atoms with van der Waals surface area (Å²) in [6, 6.07) is 3.37. The third kappa shape index (κ3) is 3.33. The molecule has 0 bridgehead atoms. The van der Waals surface area contributed by atoms with Crippen LogP contribution in [0.1, 0.15) is 23.7 Å². The van der Waals surface area contributed by atoms with Gasteiger partial charge in [0.05, 0.1) is 7.11 Å². The number of nitrogens with one attached hydrogen (secondary N) is 1. The fraction of sp³-hybridized carbons (Fsp3) is 0.500. The lowest BCUT2D eigenvalue weighted by atomic mass is 10.1. The van der Waals surface area contributed by atoms with Gasteiger partial charge in [0.2, 0.25) is 5.75 Å². The summed E-state index contributed by atoms with van der Waals surface area (Å²) < 4.78 is 16.2. The van der Waals surface area contributed by atoms with E-state index in [1.54, 1.807) is 12.1 Å². The molecule has 1 heterocycles. The van der Waals surface area contributed by atoms with E-state index in [9.17, 15) is 4.79 Å². The van der Waals surface area contributed by atoms with Gasteiger partial charge in [-0.3, -0.25) is 4.79 Å². The van der Waals surface area contributed by atoms with Crippen LogP contribution in [0.25, 0.3) is 0 Å². The highest BCUT2D eigenvalue weighted by Gasteiger charge is 2.20. The highest BCUT2D eigenvalue weighted by Crippen LogP contribution is 2.40. The SMILES string of the molecule is COc1cc(C(=O)NCCC(C)N)cc2c1OCCO2. The summed E-state index contributed by atoms with van der Waals surface area (Å²) in [6.45, 7) is 3.38. The largest absolute Gasteiger partial charge is 0.493 e. The molecule has 0 aliphatic carbocycles.